The van der Waals surface area contributed by atoms with E-state index < -0.39 is 0 Å². The number of nitrogens with zero attached hydrogens (tertiary/aromatic N) is 2. The maximum Gasteiger partial charge on any atom is 0.315 e. The lowest BCUT2D eigenvalue weighted by molar-refractivity contribution is 0.239. The summed E-state index contributed by atoms with van der Waals surface area (Å²) in [6.07, 6.45) is 1.66. The molecule has 2 amide bonds. The van der Waals surface area contributed by atoms with E-state index in [0.717, 1.165) is 5.69 Å². The predicted octanol–water partition coefficient (Wildman–Crippen LogP) is 1.56. The minimum absolute atomic E-state index is 0.157. The maximum absolute atomic E-state index is 13.3. The maximum atomic E-state index is 13.3. The summed E-state index contributed by atoms with van der Waals surface area (Å²) >= 11 is 0. The second kappa shape index (κ2) is 5.99. The number of halogens is 1. The zero-order valence-corrected chi connectivity index (χ0v) is 10.6. The molecule has 2 aromatic rings. The predicted molar refractivity (Wildman–Crippen MR) is 68.7 cm³/mol. The van der Waals surface area contributed by atoms with E-state index in [0.29, 0.717) is 12.1 Å². The summed E-state index contributed by atoms with van der Waals surface area (Å²) in [7, 11) is 1.80. The monoisotopic (exact) mass is 262 g/mol. The van der Waals surface area contributed by atoms with Crippen molar-refractivity contribution in [3.8, 4) is 0 Å². The molecule has 1 heterocycles. The molecule has 100 valence electrons. The highest BCUT2D eigenvalue weighted by Gasteiger charge is 2.05. The van der Waals surface area contributed by atoms with Crippen molar-refractivity contribution in [2.45, 2.75) is 13.1 Å². The van der Waals surface area contributed by atoms with Gasteiger partial charge in [0.1, 0.15) is 5.82 Å². The van der Waals surface area contributed by atoms with Crippen LogP contribution in [-0.4, -0.2) is 15.8 Å². The van der Waals surface area contributed by atoms with Crippen LogP contribution in [0.4, 0.5) is 9.18 Å². The number of amides is 2. The summed E-state index contributed by atoms with van der Waals surface area (Å²) in [5, 5.41) is 9.28. The third-order valence-electron chi connectivity index (χ3n) is 2.75. The summed E-state index contributed by atoms with van der Waals surface area (Å²) in [5.74, 6) is -0.325. The zero-order valence-electron chi connectivity index (χ0n) is 10.6. The Balaban J connectivity index is 1.79. The molecular weight excluding hydrogens is 247 g/mol. The van der Waals surface area contributed by atoms with E-state index in [1.807, 2.05) is 6.07 Å². The van der Waals surface area contributed by atoms with Gasteiger partial charge in [-0.25, -0.2) is 9.18 Å². The van der Waals surface area contributed by atoms with Gasteiger partial charge in [-0.1, -0.05) is 18.2 Å². The lowest BCUT2D eigenvalue weighted by Gasteiger charge is -2.08. The summed E-state index contributed by atoms with van der Waals surface area (Å²) < 4.78 is 15.0. The van der Waals surface area contributed by atoms with E-state index in [4.69, 9.17) is 0 Å². The molecule has 19 heavy (non-hydrogen) atoms. The number of hydrogen-bond donors (Lipinski definition) is 2. The molecule has 0 unspecified atom stereocenters. The summed E-state index contributed by atoms with van der Waals surface area (Å²) in [4.78, 5) is 11.6. The van der Waals surface area contributed by atoms with Crippen LogP contribution in [0.15, 0.2) is 36.5 Å². The SMILES string of the molecule is Cn1nccc1CNC(=O)NCc1ccccc1F. The molecular formula is C13H15FN4O. The summed E-state index contributed by atoms with van der Waals surface area (Å²) in [6.45, 7) is 0.531. The van der Waals surface area contributed by atoms with E-state index in [1.165, 1.54) is 6.07 Å². The number of carbonyl (C=O) groups excluding carboxylic acids is 1. The number of carbonyl (C=O) groups is 1. The molecule has 0 saturated carbocycles. The molecule has 2 rings (SSSR count). The molecule has 0 spiro atoms. The molecule has 0 aliphatic rings. The molecule has 0 radical (unpaired) electrons. The van der Waals surface area contributed by atoms with Crippen molar-refractivity contribution in [2.75, 3.05) is 0 Å². The van der Waals surface area contributed by atoms with Crippen LogP contribution in [0.5, 0.6) is 0 Å². The number of aryl methyl sites for hydroxylation is 1. The highest BCUT2D eigenvalue weighted by Crippen LogP contribution is 2.05. The second-order valence-electron chi connectivity index (χ2n) is 4.07. The van der Waals surface area contributed by atoms with Gasteiger partial charge in [0, 0.05) is 25.4 Å². The van der Waals surface area contributed by atoms with E-state index in [2.05, 4.69) is 15.7 Å². The first-order chi connectivity index (χ1) is 9.16. The number of benzene rings is 1. The van der Waals surface area contributed by atoms with E-state index >= 15 is 0 Å². The van der Waals surface area contributed by atoms with E-state index in [9.17, 15) is 9.18 Å². The molecule has 0 atom stereocenters. The first-order valence-corrected chi connectivity index (χ1v) is 5.89. The van der Waals surface area contributed by atoms with Crippen LogP contribution >= 0.6 is 0 Å². The van der Waals surface area contributed by atoms with E-state index in [1.54, 1.807) is 36.1 Å². The third-order valence-corrected chi connectivity index (χ3v) is 2.75. The van der Waals surface area contributed by atoms with Gasteiger partial charge in [-0.2, -0.15) is 5.10 Å². The molecule has 0 aliphatic carbocycles. The van der Waals surface area contributed by atoms with Gasteiger partial charge in [-0.3, -0.25) is 4.68 Å². The average molecular weight is 262 g/mol. The fraction of sp³-hybridized carbons (Fsp3) is 0.231. The van der Waals surface area contributed by atoms with Crippen LogP contribution in [0.25, 0.3) is 0 Å². The van der Waals surface area contributed by atoms with Gasteiger partial charge < -0.3 is 10.6 Å². The minimum Gasteiger partial charge on any atom is -0.334 e. The Kier molecular flexibility index (Phi) is 4.12. The first-order valence-electron chi connectivity index (χ1n) is 5.89. The Labute approximate surface area is 110 Å². The van der Waals surface area contributed by atoms with Crippen molar-refractivity contribution in [1.29, 1.82) is 0 Å². The van der Waals surface area contributed by atoms with Gasteiger partial charge in [-0.15, -0.1) is 0 Å². The van der Waals surface area contributed by atoms with Crippen LogP contribution in [0.3, 0.4) is 0 Å². The molecule has 0 fully saturated rings. The first kappa shape index (κ1) is 13.1. The molecule has 6 heteroatoms. The van der Waals surface area contributed by atoms with Gasteiger partial charge >= 0.3 is 6.03 Å². The fourth-order valence-corrected chi connectivity index (χ4v) is 1.63. The quantitative estimate of drug-likeness (QED) is 0.878. The van der Waals surface area contributed by atoms with Gasteiger partial charge in [0.25, 0.3) is 0 Å². The molecule has 5 nitrogen and oxygen atoms in total. The van der Waals surface area contributed by atoms with Gasteiger partial charge in [-0.05, 0) is 12.1 Å². The normalized spacial score (nSPS) is 10.2. The second-order valence-corrected chi connectivity index (χ2v) is 4.07. The molecule has 0 aliphatic heterocycles. The van der Waals surface area contributed by atoms with Crippen LogP contribution in [0.1, 0.15) is 11.3 Å². The number of nitrogens with one attached hydrogen (secondary N) is 2. The third kappa shape index (κ3) is 3.54. The van der Waals surface area contributed by atoms with Crippen molar-refractivity contribution in [3.05, 3.63) is 53.6 Å². The Morgan fingerprint density at radius 2 is 2.00 bits per heavy atom. The minimum atomic E-state index is -0.343. The van der Waals surface area contributed by atoms with Crippen molar-refractivity contribution in [3.63, 3.8) is 0 Å². The van der Waals surface area contributed by atoms with Crippen LogP contribution in [0.2, 0.25) is 0 Å². The van der Waals surface area contributed by atoms with Crippen LogP contribution < -0.4 is 10.6 Å². The zero-order chi connectivity index (χ0) is 13.7. The lowest BCUT2D eigenvalue weighted by atomic mass is 10.2. The highest BCUT2D eigenvalue weighted by atomic mass is 19.1. The number of urea groups is 1. The standard InChI is InChI=1S/C13H15FN4O/c1-18-11(6-7-17-18)9-16-13(19)15-8-10-4-2-3-5-12(10)14/h2-7H,8-9H2,1H3,(H2,15,16,19). The molecule has 0 saturated heterocycles. The number of hydrogen-bond acceptors (Lipinski definition) is 2. The Morgan fingerprint density at radius 3 is 2.68 bits per heavy atom. The topological polar surface area (TPSA) is 59.0 Å². The van der Waals surface area contributed by atoms with Crippen molar-refractivity contribution in [1.82, 2.24) is 20.4 Å². The number of rotatable bonds is 4. The smallest absolute Gasteiger partial charge is 0.315 e. The lowest BCUT2D eigenvalue weighted by Crippen LogP contribution is -2.35. The van der Waals surface area contributed by atoms with Crippen molar-refractivity contribution < 1.29 is 9.18 Å². The van der Waals surface area contributed by atoms with Gasteiger partial charge in [0.05, 0.1) is 12.2 Å². The molecule has 1 aromatic carbocycles. The Bertz CT molecular complexity index is 567. The van der Waals surface area contributed by atoms with Crippen molar-refractivity contribution in [2.24, 2.45) is 7.05 Å². The molecule has 2 N–H and O–H groups in total. The average Bonchev–Trinajstić information content (AvgIpc) is 2.81. The van der Waals surface area contributed by atoms with Crippen LogP contribution in [-0.2, 0) is 20.1 Å². The number of aromatic nitrogens is 2. The van der Waals surface area contributed by atoms with Crippen molar-refractivity contribution >= 4 is 6.03 Å². The molecule has 0 bridgehead atoms. The highest BCUT2D eigenvalue weighted by molar-refractivity contribution is 5.73. The molecule has 1 aromatic heterocycles. The van der Waals surface area contributed by atoms with Crippen LogP contribution in [0, 0.1) is 5.82 Å². The van der Waals surface area contributed by atoms with E-state index in [-0.39, 0.29) is 18.4 Å². The largest absolute Gasteiger partial charge is 0.334 e. The fourth-order valence-electron chi connectivity index (χ4n) is 1.63. The Morgan fingerprint density at radius 1 is 1.26 bits per heavy atom. The Hall–Kier alpha value is -2.37. The summed E-state index contributed by atoms with van der Waals surface area (Å²) in [5.41, 5.74) is 1.35. The van der Waals surface area contributed by atoms with Gasteiger partial charge in [0.15, 0.2) is 0 Å². The van der Waals surface area contributed by atoms with Gasteiger partial charge in [0.2, 0.25) is 0 Å². The summed E-state index contributed by atoms with van der Waals surface area (Å²) in [6, 6.07) is 7.82.